The van der Waals surface area contributed by atoms with E-state index in [1.165, 1.54) is 0 Å². The molecule has 2 aromatic carbocycles. The average molecular weight is 379 g/mol. The number of amides is 1. The fraction of sp³-hybridized carbons (Fsp3) is 0.188. The highest BCUT2D eigenvalue weighted by Gasteiger charge is 2.22. The summed E-state index contributed by atoms with van der Waals surface area (Å²) in [5.41, 5.74) is 1.74. The number of nitrogens with one attached hydrogen (secondary N) is 1. The van der Waals surface area contributed by atoms with Gasteiger partial charge in [-0.3, -0.25) is 4.79 Å². The summed E-state index contributed by atoms with van der Waals surface area (Å²) < 4.78 is 6.73. The Labute approximate surface area is 131 Å². The van der Waals surface area contributed by atoms with Crippen molar-refractivity contribution in [1.82, 2.24) is 5.32 Å². The van der Waals surface area contributed by atoms with Crippen LogP contribution in [0.15, 0.2) is 48.5 Å². The van der Waals surface area contributed by atoms with Gasteiger partial charge in [0.05, 0.1) is 12.6 Å². The summed E-state index contributed by atoms with van der Waals surface area (Å²) in [5.74, 6) is 0.828. The average Bonchev–Trinajstić information content (AvgIpc) is 2.48. The van der Waals surface area contributed by atoms with Crippen LogP contribution in [0.4, 0.5) is 0 Å². The molecule has 1 aliphatic heterocycles. The van der Waals surface area contributed by atoms with Crippen LogP contribution >= 0.6 is 22.6 Å². The number of halogens is 1. The van der Waals surface area contributed by atoms with Crippen LogP contribution in [0.25, 0.3) is 0 Å². The number of hydrogen-bond donors (Lipinski definition) is 1. The third kappa shape index (κ3) is 2.80. The topological polar surface area (TPSA) is 38.3 Å². The van der Waals surface area contributed by atoms with Crippen LogP contribution in [0, 0.1) is 3.57 Å². The lowest BCUT2D eigenvalue weighted by molar-refractivity contribution is 0.0925. The lowest BCUT2D eigenvalue weighted by Crippen LogP contribution is -2.32. The molecule has 1 atom stereocenters. The Bertz CT molecular complexity index is 625. The van der Waals surface area contributed by atoms with Gasteiger partial charge in [-0.2, -0.15) is 0 Å². The quantitative estimate of drug-likeness (QED) is 0.811. The predicted molar refractivity (Wildman–Crippen MR) is 85.9 cm³/mol. The number of carbonyl (C=O) groups is 1. The molecule has 2 aromatic rings. The first kappa shape index (κ1) is 13.4. The van der Waals surface area contributed by atoms with Crippen molar-refractivity contribution in [1.29, 1.82) is 0 Å². The third-order valence-electron chi connectivity index (χ3n) is 3.37. The molecule has 3 nitrogen and oxygen atoms in total. The van der Waals surface area contributed by atoms with Gasteiger partial charge >= 0.3 is 0 Å². The Morgan fingerprint density at radius 3 is 2.70 bits per heavy atom. The van der Waals surface area contributed by atoms with Gasteiger partial charge in [-0.1, -0.05) is 18.2 Å². The van der Waals surface area contributed by atoms with Crippen LogP contribution in [-0.2, 0) is 0 Å². The fourth-order valence-electron chi connectivity index (χ4n) is 2.33. The Balaban J connectivity index is 1.79. The van der Waals surface area contributed by atoms with E-state index in [4.69, 9.17) is 4.74 Å². The van der Waals surface area contributed by atoms with E-state index in [0.29, 0.717) is 12.2 Å². The predicted octanol–water partition coefficient (Wildman–Crippen LogP) is 3.54. The molecular weight excluding hydrogens is 365 g/mol. The minimum Gasteiger partial charge on any atom is -0.493 e. The molecule has 102 valence electrons. The molecule has 0 bridgehead atoms. The first-order valence-electron chi connectivity index (χ1n) is 6.52. The summed E-state index contributed by atoms with van der Waals surface area (Å²) in [6.07, 6.45) is 0.799. The molecule has 0 aromatic heterocycles. The minimum atomic E-state index is -0.0388. The van der Waals surface area contributed by atoms with Gasteiger partial charge < -0.3 is 10.1 Å². The van der Waals surface area contributed by atoms with Crippen LogP contribution in [0.1, 0.15) is 28.4 Å². The van der Waals surface area contributed by atoms with E-state index in [1.54, 1.807) is 0 Å². The van der Waals surface area contributed by atoms with Gasteiger partial charge in [0.1, 0.15) is 5.75 Å². The summed E-state index contributed by atoms with van der Waals surface area (Å²) in [7, 11) is 0. The van der Waals surface area contributed by atoms with Crippen LogP contribution in [-0.4, -0.2) is 12.5 Å². The van der Waals surface area contributed by atoms with Crippen molar-refractivity contribution in [2.45, 2.75) is 12.5 Å². The van der Waals surface area contributed by atoms with E-state index in [-0.39, 0.29) is 11.9 Å². The van der Waals surface area contributed by atoms with Crippen LogP contribution in [0.5, 0.6) is 5.75 Å². The number of para-hydroxylation sites is 1. The SMILES string of the molecule is O=C(NC1CCOc2ccccc21)c1ccc(I)cc1. The molecule has 1 N–H and O–H groups in total. The third-order valence-corrected chi connectivity index (χ3v) is 4.09. The minimum absolute atomic E-state index is 0.0201. The molecule has 4 heteroatoms. The second kappa shape index (κ2) is 5.83. The van der Waals surface area contributed by atoms with Crippen molar-refractivity contribution in [3.8, 4) is 5.75 Å². The number of ether oxygens (including phenoxy) is 1. The molecule has 1 aliphatic rings. The molecule has 1 unspecified atom stereocenters. The fourth-order valence-corrected chi connectivity index (χ4v) is 2.69. The van der Waals surface area contributed by atoms with Crippen LogP contribution in [0.3, 0.4) is 0 Å². The number of fused-ring (bicyclic) bond motifs is 1. The van der Waals surface area contributed by atoms with Gasteiger partial charge in [0.2, 0.25) is 0 Å². The van der Waals surface area contributed by atoms with Gasteiger partial charge in [0, 0.05) is 21.1 Å². The zero-order valence-corrected chi connectivity index (χ0v) is 13.0. The van der Waals surface area contributed by atoms with E-state index >= 15 is 0 Å². The van der Waals surface area contributed by atoms with Crippen molar-refractivity contribution in [3.63, 3.8) is 0 Å². The summed E-state index contributed by atoms with van der Waals surface area (Å²) >= 11 is 2.23. The second-order valence-electron chi connectivity index (χ2n) is 4.71. The molecule has 0 saturated heterocycles. The Hall–Kier alpha value is -1.56. The lowest BCUT2D eigenvalue weighted by Gasteiger charge is -2.26. The maximum Gasteiger partial charge on any atom is 0.251 e. The number of carbonyl (C=O) groups excluding carboxylic acids is 1. The zero-order chi connectivity index (χ0) is 13.9. The Kier molecular flexibility index (Phi) is 3.91. The molecule has 0 aliphatic carbocycles. The normalized spacial score (nSPS) is 16.9. The van der Waals surface area contributed by atoms with Gasteiger partial charge in [0.15, 0.2) is 0 Å². The molecule has 0 spiro atoms. The molecule has 0 radical (unpaired) electrons. The van der Waals surface area contributed by atoms with Crippen LogP contribution in [0.2, 0.25) is 0 Å². The highest BCUT2D eigenvalue weighted by molar-refractivity contribution is 14.1. The maximum absolute atomic E-state index is 12.3. The standard InChI is InChI=1S/C16H14INO2/c17-12-7-5-11(6-8-12)16(19)18-14-9-10-20-15-4-2-1-3-13(14)15/h1-8,14H,9-10H2,(H,18,19). The highest BCUT2D eigenvalue weighted by Crippen LogP contribution is 2.31. The molecule has 1 amide bonds. The molecule has 3 rings (SSSR count). The van der Waals surface area contributed by atoms with E-state index in [9.17, 15) is 4.79 Å². The van der Waals surface area contributed by atoms with Crippen molar-refractivity contribution in [2.24, 2.45) is 0 Å². The molecule has 0 fully saturated rings. The summed E-state index contributed by atoms with van der Waals surface area (Å²) in [6, 6.07) is 15.5. The first-order valence-corrected chi connectivity index (χ1v) is 7.60. The van der Waals surface area contributed by atoms with Crippen LogP contribution < -0.4 is 10.1 Å². The van der Waals surface area contributed by atoms with Crippen molar-refractivity contribution >= 4 is 28.5 Å². The van der Waals surface area contributed by atoms with Crippen molar-refractivity contribution in [3.05, 3.63) is 63.2 Å². The Morgan fingerprint density at radius 1 is 1.15 bits per heavy atom. The molecule has 20 heavy (non-hydrogen) atoms. The van der Waals surface area contributed by atoms with Crippen molar-refractivity contribution in [2.75, 3.05) is 6.61 Å². The summed E-state index contributed by atoms with van der Waals surface area (Å²) in [6.45, 7) is 0.634. The highest BCUT2D eigenvalue weighted by atomic mass is 127. The number of hydrogen-bond acceptors (Lipinski definition) is 2. The van der Waals surface area contributed by atoms with E-state index in [2.05, 4.69) is 27.9 Å². The molecular formula is C16H14INO2. The lowest BCUT2D eigenvalue weighted by atomic mass is 10.00. The smallest absolute Gasteiger partial charge is 0.251 e. The summed E-state index contributed by atoms with van der Waals surface area (Å²) in [4.78, 5) is 12.3. The van der Waals surface area contributed by atoms with Gasteiger partial charge in [-0.05, 0) is 52.9 Å². The van der Waals surface area contributed by atoms with Crippen molar-refractivity contribution < 1.29 is 9.53 Å². The molecule has 1 heterocycles. The maximum atomic E-state index is 12.3. The van der Waals surface area contributed by atoms with E-state index < -0.39 is 0 Å². The van der Waals surface area contributed by atoms with E-state index in [1.807, 2.05) is 48.5 Å². The van der Waals surface area contributed by atoms with Gasteiger partial charge in [-0.15, -0.1) is 0 Å². The molecule has 0 saturated carbocycles. The van der Waals surface area contributed by atoms with Gasteiger partial charge in [0.25, 0.3) is 5.91 Å². The Morgan fingerprint density at radius 2 is 1.90 bits per heavy atom. The summed E-state index contributed by atoms with van der Waals surface area (Å²) in [5, 5.41) is 3.09. The second-order valence-corrected chi connectivity index (χ2v) is 5.95. The first-order chi connectivity index (χ1) is 9.74. The van der Waals surface area contributed by atoms with Gasteiger partial charge in [-0.25, -0.2) is 0 Å². The largest absolute Gasteiger partial charge is 0.493 e. The zero-order valence-electron chi connectivity index (χ0n) is 10.8. The number of benzene rings is 2. The monoisotopic (exact) mass is 379 g/mol. The number of rotatable bonds is 2. The van der Waals surface area contributed by atoms with E-state index in [0.717, 1.165) is 21.3 Å².